The van der Waals surface area contributed by atoms with Crippen molar-refractivity contribution in [2.75, 3.05) is 25.5 Å². The van der Waals surface area contributed by atoms with Gasteiger partial charge < -0.3 is 10.2 Å². The molecule has 0 spiro atoms. The lowest BCUT2D eigenvalue weighted by atomic mass is 10.3. The molecule has 0 aliphatic heterocycles. The molecule has 5 heteroatoms. The Bertz CT molecular complexity index is 411. The average molecular weight is 236 g/mol. The van der Waals surface area contributed by atoms with Crippen molar-refractivity contribution >= 4 is 11.6 Å². The highest BCUT2D eigenvalue weighted by molar-refractivity contribution is 5.91. The molecule has 0 saturated heterocycles. The minimum Gasteiger partial charge on any atom is -0.329 e. The van der Waals surface area contributed by atoms with Crippen LogP contribution >= 0.6 is 0 Å². The van der Waals surface area contributed by atoms with Gasteiger partial charge in [0, 0.05) is 5.69 Å². The first-order valence-corrected chi connectivity index (χ1v) is 5.35. The molecule has 0 aliphatic rings. The van der Waals surface area contributed by atoms with Crippen molar-refractivity contribution in [3.8, 4) is 6.07 Å². The van der Waals surface area contributed by atoms with Gasteiger partial charge in [-0.3, -0.25) is 4.79 Å². The second-order valence-corrected chi connectivity index (χ2v) is 3.85. The SMILES string of the molecule is C[NH+](CCC#N)CC(=O)Nc1ccc(F)cc1. The van der Waals surface area contributed by atoms with E-state index in [1.807, 2.05) is 13.1 Å². The molecule has 1 aromatic rings. The number of likely N-dealkylation sites (N-methyl/N-ethyl adjacent to an activating group) is 1. The summed E-state index contributed by atoms with van der Waals surface area (Å²) in [4.78, 5) is 12.5. The van der Waals surface area contributed by atoms with Gasteiger partial charge in [0.1, 0.15) is 5.82 Å². The summed E-state index contributed by atoms with van der Waals surface area (Å²) in [5.41, 5.74) is 0.574. The summed E-state index contributed by atoms with van der Waals surface area (Å²) in [6.07, 6.45) is 0.426. The van der Waals surface area contributed by atoms with Crippen LogP contribution in [0.5, 0.6) is 0 Å². The molecule has 0 fully saturated rings. The molecule has 1 unspecified atom stereocenters. The van der Waals surface area contributed by atoms with Crippen LogP contribution in [0, 0.1) is 17.1 Å². The first kappa shape index (κ1) is 13.1. The van der Waals surface area contributed by atoms with E-state index in [9.17, 15) is 9.18 Å². The summed E-state index contributed by atoms with van der Waals surface area (Å²) in [5, 5.41) is 11.1. The molecule has 90 valence electrons. The van der Waals surface area contributed by atoms with Gasteiger partial charge in [0.2, 0.25) is 0 Å². The molecule has 1 amide bonds. The summed E-state index contributed by atoms with van der Waals surface area (Å²) >= 11 is 0. The van der Waals surface area contributed by atoms with Crippen LogP contribution in [0.15, 0.2) is 24.3 Å². The van der Waals surface area contributed by atoms with Crippen LogP contribution in [0.3, 0.4) is 0 Å². The molecule has 0 saturated carbocycles. The van der Waals surface area contributed by atoms with Gasteiger partial charge in [0.25, 0.3) is 5.91 Å². The molecule has 0 heterocycles. The first-order chi connectivity index (χ1) is 8.11. The Morgan fingerprint density at radius 2 is 2.12 bits per heavy atom. The third-order valence-electron chi connectivity index (χ3n) is 2.25. The lowest BCUT2D eigenvalue weighted by Crippen LogP contribution is -3.10. The van der Waals surface area contributed by atoms with E-state index in [2.05, 4.69) is 5.32 Å². The van der Waals surface area contributed by atoms with E-state index in [-0.39, 0.29) is 11.7 Å². The summed E-state index contributed by atoms with van der Waals surface area (Å²) in [6.45, 7) is 0.923. The van der Waals surface area contributed by atoms with E-state index in [0.29, 0.717) is 25.2 Å². The van der Waals surface area contributed by atoms with Crippen LogP contribution in [0.1, 0.15) is 6.42 Å². The van der Waals surface area contributed by atoms with Gasteiger partial charge in [0.05, 0.1) is 26.1 Å². The third-order valence-corrected chi connectivity index (χ3v) is 2.25. The monoisotopic (exact) mass is 236 g/mol. The number of nitrogens with one attached hydrogen (secondary N) is 2. The highest BCUT2D eigenvalue weighted by Crippen LogP contribution is 2.07. The maximum Gasteiger partial charge on any atom is 0.279 e. The molecule has 0 radical (unpaired) electrons. The van der Waals surface area contributed by atoms with Crippen LogP contribution in [-0.2, 0) is 4.79 Å². The maximum atomic E-state index is 12.6. The van der Waals surface area contributed by atoms with Crippen LogP contribution in [-0.4, -0.2) is 26.0 Å². The van der Waals surface area contributed by atoms with Gasteiger partial charge >= 0.3 is 0 Å². The number of nitrogens with zero attached hydrogens (tertiary/aromatic N) is 1. The number of anilines is 1. The number of benzene rings is 1. The van der Waals surface area contributed by atoms with Crippen LogP contribution < -0.4 is 10.2 Å². The predicted molar refractivity (Wildman–Crippen MR) is 61.9 cm³/mol. The third kappa shape index (κ3) is 5.09. The van der Waals surface area contributed by atoms with Crippen LogP contribution in [0.25, 0.3) is 0 Å². The highest BCUT2D eigenvalue weighted by Gasteiger charge is 2.09. The number of carbonyl (C=O) groups is 1. The predicted octanol–water partition coefficient (Wildman–Crippen LogP) is 0.193. The fourth-order valence-electron chi connectivity index (χ4n) is 1.37. The van der Waals surface area contributed by atoms with Gasteiger partial charge in [0.15, 0.2) is 6.54 Å². The van der Waals surface area contributed by atoms with E-state index < -0.39 is 0 Å². The van der Waals surface area contributed by atoms with Gasteiger partial charge in [-0.25, -0.2) is 4.39 Å². The van der Waals surface area contributed by atoms with Gasteiger partial charge in [-0.1, -0.05) is 0 Å². The van der Waals surface area contributed by atoms with Crippen LogP contribution in [0.2, 0.25) is 0 Å². The molecule has 0 bridgehead atoms. The van der Waals surface area contributed by atoms with Crippen molar-refractivity contribution < 1.29 is 14.1 Å². The summed E-state index contributed by atoms with van der Waals surface area (Å²) in [5.74, 6) is -0.480. The standard InChI is InChI=1S/C12H14FN3O/c1-16(8-2-7-14)9-12(17)15-11-5-3-10(13)4-6-11/h3-6H,2,8-9H2,1H3,(H,15,17)/p+1. The molecule has 0 aromatic heterocycles. The zero-order valence-corrected chi connectivity index (χ0v) is 9.66. The Balaban J connectivity index is 2.39. The quantitative estimate of drug-likeness (QED) is 0.767. The number of amides is 1. The number of rotatable bonds is 5. The van der Waals surface area contributed by atoms with Gasteiger partial charge in [-0.05, 0) is 24.3 Å². The molecule has 1 rings (SSSR count). The zero-order chi connectivity index (χ0) is 12.7. The van der Waals surface area contributed by atoms with E-state index in [1.54, 1.807) is 0 Å². The van der Waals surface area contributed by atoms with Crippen molar-refractivity contribution in [1.82, 2.24) is 0 Å². The Labute approximate surface area is 99.7 Å². The Morgan fingerprint density at radius 1 is 1.47 bits per heavy atom. The number of nitriles is 1. The Kier molecular flexibility index (Phi) is 5.11. The molecule has 1 aromatic carbocycles. The minimum absolute atomic E-state index is 0.146. The van der Waals surface area contributed by atoms with E-state index in [4.69, 9.17) is 5.26 Å². The fraction of sp³-hybridized carbons (Fsp3) is 0.333. The van der Waals surface area contributed by atoms with E-state index in [0.717, 1.165) is 4.90 Å². The first-order valence-electron chi connectivity index (χ1n) is 5.35. The highest BCUT2D eigenvalue weighted by atomic mass is 19.1. The molecule has 0 aliphatic carbocycles. The van der Waals surface area contributed by atoms with Gasteiger partial charge in [-0.15, -0.1) is 0 Å². The smallest absolute Gasteiger partial charge is 0.279 e. The van der Waals surface area contributed by atoms with E-state index >= 15 is 0 Å². The van der Waals surface area contributed by atoms with Crippen molar-refractivity contribution in [2.45, 2.75) is 6.42 Å². The topological polar surface area (TPSA) is 57.3 Å². The maximum absolute atomic E-state index is 12.6. The second-order valence-electron chi connectivity index (χ2n) is 3.85. The second kappa shape index (κ2) is 6.61. The van der Waals surface area contributed by atoms with Crippen molar-refractivity contribution in [2.24, 2.45) is 0 Å². The average Bonchev–Trinajstić information content (AvgIpc) is 2.29. The Hall–Kier alpha value is -1.93. The number of halogens is 1. The van der Waals surface area contributed by atoms with E-state index in [1.165, 1.54) is 24.3 Å². The van der Waals surface area contributed by atoms with Crippen molar-refractivity contribution in [3.63, 3.8) is 0 Å². The molecule has 1 atom stereocenters. The summed E-state index contributed by atoms with van der Waals surface area (Å²) < 4.78 is 12.6. The summed E-state index contributed by atoms with van der Waals surface area (Å²) in [6, 6.07) is 7.64. The molecular formula is C12H15FN3O+. The lowest BCUT2D eigenvalue weighted by molar-refractivity contribution is -0.870. The Morgan fingerprint density at radius 3 is 2.71 bits per heavy atom. The minimum atomic E-state index is -0.334. The number of hydrogen-bond acceptors (Lipinski definition) is 2. The molecule has 17 heavy (non-hydrogen) atoms. The molecule has 4 nitrogen and oxygen atoms in total. The fourth-order valence-corrected chi connectivity index (χ4v) is 1.37. The lowest BCUT2D eigenvalue weighted by Gasteiger charge is -2.11. The molecular weight excluding hydrogens is 221 g/mol. The largest absolute Gasteiger partial charge is 0.329 e. The van der Waals surface area contributed by atoms with Crippen molar-refractivity contribution in [3.05, 3.63) is 30.1 Å². The van der Waals surface area contributed by atoms with Gasteiger partial charge in [-0.2, -0.15) is 5.26 Å². The molecule has 2 N–H and O–H groups in total. The van der Waals surface area contributed by atoms with Crippen molar-refractivity contribution in [1.29, 1.82) is 5.26 Å². The normalized spacial score (nSPS) is 11.6. The number of quaternary nitrogens is 1. The number of carbonyl (C=O) groups excluding carboxylic acids is 1. The number of hydrogen-bond donors (Lipinski definition) is 2. The summed E-state index contributed by atoms with van der Waals surface area (Å²) in [7, 11) is 1.85. The zero-order valence-electron chi connectivity index (χ0n) is 9.66. The van der Waals surface area contributed by atoms with Crippen LogP contribution in [0.4, 0.5) is 10.1 Å².